The minimum absolute atomic E-state index is 0.0110. The van der Waals surface area contributed by atoms with E-state index in [4.69, 9.17) is 5.11 Å². The van der Waals surface area contributed by atoms with Crippen molar-refractivity contribution in [3.8, 4) is 22.6 Å². The second kappa shape index (κ2) is 4.99. The molecule has 0 unspecified atom stereocenters. The normalized spacial score (nSPS) is 11.4. The minimum Gasteiger partial charge on any atom is -0.505 e. The molecule has 0 atom stereocenters. The van der Waals surface area contributed by atoms with Gasteiger partial charge in [0.05, 0.1) is 0 Å². The summed E-state index contributed by atoms with van der Waals surface area (Å²) in [7, 11) is 0. The first-order chi connectivity index (χ1) is 9.28. The van der Waals surface area contributed by atoms with E-state index in [1.807, 2.05) is 0 Å². The van der Waals surface area contributed by atoms with Crippen molar-refractivity contribution >= 4 is 0 Å². The predicted octanol–water partition coefficient (Wildman–Crippen LogP) is 4.24. The van der Waals surface area contributed by atoms with Crippen molar-refractivity contribution in [1.82, 2.24) is 0 Å². The zero-order chi connectivity index (χ0) is 14.9. The molecule has 7 heteroatoms. The van der Waals surface area contributed by atoms with Gasteiger partial charge in [-0.25, -0.2) is 4.39 Å². The Labute approximate surface area is 110 Å². The molecule has 0 radical (unpaired) electrons. The van der Waals surface area contributed by atoms with E-state index in [0.29, 0.717) is 0 Å². The molecular weight excluding hydrogens is 283 g/mol. The van der Waals surface area contributed by atoms with Gasteiger partial charge < -0.3 is 9.84 Å². The van der Waals surface area contributed by atoms with Crippen molar-refractivity contribution in [3.05, 3.63) is 48.0 Å². The fourth-order valence-electron chi connectivity index (χ4n) is 1.62. The smallest absolute Gasteiger partial charge is 0.505 e. The van der Waals surface area contributed by atoms with Crippen LogP contribution in [-0.2, 0) is 0 Å². The Kier molecular flexibility index (Phi) is 3.52. The summed E-state index contributed by atoms with van der Waals surface area (Å²) in [5, 5.41) is 8.99. The van der Waals surface area contributed by atoms with Crippen LogP contribution in [0.3, 0.4) is 0 Å². The van der Waals surface area contributed by atoms with Gasteiger partial charge in [-0.05, 0) is 29.8 Å². The molecular formula is C13H7F5O2. The highest BCUT2D eigenvalue weighted by Crippen LogP contribution is 2.32. The molecule has 2 aromatic rings. The topological polar surface area (TPSA) is 29.5 Å². The van der Waals surface area contributed by atoms with Crippen LogP contribution in [0.5, 0.6) is 11.5 Å². The SMILES string of the molecule is Oc1ccc(-c2cccc(OC(F)(F)F)c2)c(F)c1F. The summed E-state index contributed by atoms with van der Waals surface area (Å²) >= 11 is 0. The molecule has 0 fully saturated rings. The maximum atomic E-state index is 13.6. The number of aromatic hydroxyl groups is 1. The quantitative estimate of drug-likeness (QED) is 0.838. The number of phenols is 1. The monoisotopic (exact) mass is 290 g/mol. The third-order valence-corrected chi connectivity index (χ3v) is 2.44. The third kappa shape index (κ3) is 2.98. The highest BCUT2D eigenvalue weighted by molar-refractivity contribution is 5.66. The van der Waals surface area contributed by atoms with E-state index in [-0.39, 0.29) is 11.1 Å². The number of alkyl halides is 3. The summed E-state index contributed by atoms with van der Waals surface area (Å²) < 4.78 is 66.8. The van der Waals surface area contributed by atoms with Gasteiger partial charge in [-0.15, -0.1) is 13.2 Å². The van der Waals surface area contributed by atoms with Crippen molar-refractivity contribution in [3.63, 3.8) is 0 Å². The van der Waals surface area contributed by atoms with E-state index in [9.17, 15) is 22.0 Å². The zero-order valence-corrected chi connectivity index (χ0v) is 9.71. The van der Waals surface area contributed by atoms with Crippen LogP contribution in [0.1, 0.15) is 0 Å². The van der Waals surface area contributed by atoms with Crippen LogP contribution >= 0.6 is 0 Å². The van der Waals surface area contributed by atoms with Crippen LogP contribution in [0.2, 0.25) is 0 Å². The Morgan fingerprint density at radius 1 is 0.950 bits per heavy atom. The number of hydrogen-bond donors (Lipinski definition) is 1. The van der Waals surface area contributed by atoms with E-state index in [1.165, 1.54) is 12.1 Å². The van der Waals surface area contributed by atoms with Gasteiger partial charge >= 0.3 is 6.36 Å². The molecule has 2 nitrogen and oxygen atoms in total. The molecule has 0 aliphatic rings. The van der Waals surface area contributed by atoms with E-state index < -0.39 is 29.5 Å². The van der Waals surface area contributed by atoms with Crippen LogP contribution in [0, 0.1) is 11.6 Å². The van der Waals surface area contributed by atoms with E-state index in [1.54, 1.807) is 0 Å². The molecule has 0 spiro atoms. The molecule has 0 amide bonds. The molecule has 0 aliphatic heterocycles. The summed E-state index contributed by atoms with van der Waals surface area (Å²) in [6.07, 6.45) is -4.88. The Hall–Kier alpha value is -2.31. The standard InChI is InChI=1S/C13H7F5O2/c14-11-9(4-5-10(19)12(11)15)7-2-1-3-8(6-7)20-13(16,17)18/h1-6,19H. The molecule has 20 heavy (non-hydrogen) atoms. The van der Waals surface area contributed by atoms with Gasteiger partial charge in [-0.2, -0.15) is 4.39 Å². The van der Waals surface area contributed by atoms with E-state index in [2.05, 4.69) is 4.74 Å². The number of halogens is 5. The minimum atomic E-state index is -4.88. The first kappa shape index (κ1) is 14.1. The highest BCUT2D eigenvalue weighted by Gasteiger charge is 2.31. The molecule has 1 N–H and O–H groups in total. The number of benzene rings is 2. The lowest BCUT2D eigenvalue weighted by atomic mass is 10.0. The maximum Gasteiger partial charge on any atom is 0.573 e. The molecule has 0 aliphatic carbocycles. The van der Waals surface area contributed by atoms with E-state index >= 15 is 0 Å². The molecule has 106 valence electrons. The second-order valence-electron chi connectivity index (χ2n) is 3.84. The fourth-order valence-corrected chi connectivity index (χ4v) is 1.62. The first-order valence-corrected chi connectivity index (χ1v) is 5.31. The molecule has 0 saturated heterocycles. The molecule has 0 aromatic heterocycles. The van der Waals surface area contributed by atoms with E-state index in [0.717, 1.165) is 24.3 Å². The summed E-state index contributed by atoms with van der Waals surface area (Å²) in [6, 6.07) is 6.41. The van der Waals surface area contributed by atoms with Crippen molar-refractivity contribution in [2.45, 2.75) is 6.36 Å². The zero-order valence-electron chi connectivity index (χ0n) is 9.71. The number of rotatable bonds is 2. The summed E-state index contributed by atoms with van der Waals surface area (Å²) in [5.41, 5.74) is -0.295. The third-order valence-electron chi connectivity index (χ3n) is 2.44. The lowest BCUT2D eigenvalue weighted by Gasteiger charge is -2.11. The van der Waals surface area contributed by atoms with Gasteiger partial charge in [0.25, 0.3) is 0 Å². The molecule has 0 saturated carbocycles. The van der Waals surface area contributed by atoms with Gasteiger partial charge in [0.1, 0.15) is 5.75 Å². The average Bonchev–Trinajstić information content (AvgIpc) is 2.34. The average molecular weight is 290 g/mol. The Bertz CT molecular complexity index is 637. The first-order valence-electron chi connectivity index (χ1n) is 5.31. The van der Waals surface area contributed by atoms with Gasteiger partial charge in [-0.3, -0.25) is 0 Å². The van der Waals surface area contributed by atoms with Gasteiger partial charge in [0, 0.05) is 5.56 Å². The Morgan fingerprint density at radius 3 is 2.30 bits per heavy atom. The predicted molar refractivity (Wildman–Crippen MR) is 60.1 cm³/mol. The summed E-state index contributed by atoms with van der Waals surface area (Å²) in [6.45, 7) is 0. The Balaban J connectivity index is 2.44. The summed E-state index contributed by atoms with van der Waals surface area (Å²) in [5.74, 6) is -4.25. The van der Waals surface area contributed by atoms with Crippen LogP contribution in [-0.4, -0.2) is 11.5 Å². The molecule has 2 aromatic carbocycles. The maximum absolute atomic E-state index is 13.6. The van der Waals surface area contributed by atoms with Crippen molar-refractivity contribution < 1.29 is 31.8 Å². The lowest BCUT2D eigenvalue weighted by molar-refractivity contribution is -0.274. The van der Waals surface area contributed by atoms with Crippen LogP contribution in [0.25, 0.3) is 11.1 Å². The molecule has 0 heterocycles. The van der Waals surface area contributed by atoms with Gasteiger partial charge in [0.15, 0.2) is 11.6 Å². The Morgan fingerprint density at radius 2 is 1.65 bits per heavy atom. The second-order valence-corrected chi connectivity index (χ2v) is 3.84. The lowest BCUT2D eigenvalue weighted by Crippen LogP contribution is -2.17. The summed E-state index contributed by atoms with van der Waals surface area (Å²) in [4.78, 5) is 0. The fraction of sp³-hybridized carbons (Fsp3) is 0.0769. The van der Waals surface area contributed by atoms with Crippen LogP contribution in [0.4, 0.5) is 22.0 Å². The van der Waals surface area contributed by atoms with Crippen molar-refractivity contribution in [2.75, 3.05) is 0 Å². The van der Waals surface area contributed by atoms with Crippen LogP contribution in [0.15, 0.2) is 36.4 Å². The van der Waals surface area contributed by atoms with Gasteiger partial charge in [0.2, 0.25) is 5.82 Å². The number of hydrogen-bond acceptors (Lipinski definition) is 2. The van der Waals surface area contributed by atoms with Gasteiger partial charge in [-0.1, -0.05) is 12.1 Å². The number of ether oxygens (including phenoxy) is 1. The van der Waals surface area contributed by atoms with Crippen molar-refractivity contribution in [1.29, 1.82) is 0 Å². The highest BCUT2D eigenvalue weighted by atomic mass is 19.4. The molecule has 2 rings (SSSR count). The largest absolute Gasteiger partial charge is 0.573 e. The molecule has 0 bridgehead atoms. The van der Waals surface area contributed by atoms with Crippen molar-refractivity contribution in [2.24, 2.45) is 0 Å². The number of phenolic OH excluding ortho intramolecular Hbond substituents is 1. The van der Waals surface area contributed by atoms with Crippen LogP contribution < -0.4 is 4.74 Å².